The van der Waals surface area contributed by atoms with Gasteiger partial charge < -0.3 is 5.32 Å². The van der Waals surface area contributed by atoms with Crippen LogP contribution in [0, 0.1) is 12.8 Å². The number of nitrogens with one attached hydrogen (secondary N) is 1. The Balaban J connectivity index is 2.63. The molecule has 0 amide bonds. The molecule has 0 radical (unpaired) electrons. The van der Waals surface area contributed by atoms with Crippen molar-refractivity contribution in [3.8, 4) is 0 Å². The third-order valence-electron chi connectivity index (χ3n) is 2.23. The highest BCUT2D eigenvalue weighted by Gasteiger charge is 2.04. The van der Waals surface area contributed by atoms with Crippen molar-refractivity contribution < 1.29 is 0 Å². The van der Waals surface area contributed by atoms with Crippen LogP contribution in [0.4, 0.5) is 0 Å². The molecule has 0 aromatic carbocycles. The Morgan fingerprint density at radius 2 is 2.33 bits per heavy atom. The summed E-state index contributed by atoms with van der Waals surface area (Å²) in [4.78, 5) is 15.2. The van der Waals surface area contributed by atoms with Gasteiger partial charge in [0.05, 0.1) is 0 Å². The zero-order valence-electron chi connectivity index (χ0n) is 9.66. The predicted molar refractivity (Wildman–Crippen MR) is 60.9 cm³/mol. The molecule has 1 unspecified atom stereocenters. The fourth-order valence-electron chi connectivity index (χ4n) is 1.49. The van der Waals surface area contributed by atoms with E-state index < -0.39 is 0 Å². The number of aromatic nitrogens is 2. The van der Waals surface area contributed by atoms with Gasteiger partial charge in [0.15, 0.2) is 0 Å². The maximum atomic E-state index is 11.4. The molecular weight excluding hydrogens is 190 g/mol. The second-order valence-electron chi connectivity index (χ2n) is 3.98. The molecule has 0 aliphatic rings. The Labute approximate surface area is 90.3 Å². The molecule has 0 fully saturated rings. The average molecular weight is 209 g/mol. The van der Waals surface area contributed by atoms with Crippen molar-refractivity contribution in [1.82, 2.24) is 14.9 Å². The summed E-state index contributed by atoms with van der Waals surface area (Å²) in [5, 5.41) is 3.27. The molecule has 0 bridgehead atoms. The Kier molecular flexibility index (Phi) is 4.49. The van der Waals surface area contributed by atoms with E-state index in [2.05, 4.69) is 24.1 Å². The van der Waals surface area contributed by atoms with Crippen molar-refractivity contribution in [2.45, 2.75) is 27.3 Å². The SMILES string of the molecule is CCNCC(C)Cn1cc(C)cnc1=O. The lowest BCUT2D eigenvalue weighted by Gasteiger charge is -2.13. The van der Waals surface area contributed by atoms with Gasteiger partial charge in [-0.3, -0.25) is 4.57 Å². The molecule has 15 heavy (non-hydrogen) atoms. The van der Waals surface area contributed by atoms with E-state index in [9.17, 15) is 4.79 Å². The summed E-state index contributed by atoms with van der Waals surface area (Å²) in [7, 11) is 0. The predicted octanol–water partition coefficient (Wildman–Crippen LogP) is 0.797. The molecule has 1 atom stereocenters. The molecular formula is C11H19N3O. The fourth-order valence-corrected chi connectivity index (χ4v) is 1.49. The summed E-state index contributed by atoms with van der Waals surface area (Å²) in [6.07, 6.45) is 3.46. The van der Waals surface area contributed by atoms with Crippen LogP contribution < -0.4 is 11.0 Å². The fraction of sp³-hybridized carbons (Fsp3) is 0.636. The van der Waals surface area contributed by atoms with E-state index in [0.717, 1.165) is 25.2 Å². The Morgan fingerprint density at radius 1 is 1.60 bits per heavy atom. The number of aryl methyl sites for hydroxylation is 1. The topological polar surface area (TPSA) is 46.9 Å². The number of rotatable bonds is 5. The Morgan fingerprint density at radius 3 is 3.00 bits per heavy atom. The van der Waals surface area contributed by atoms with Gasteiger partial charge in [0.2, 0.25) is 0 Å². The van der Waals surface area contributed by atoms with E-state index in [0.29, 0.717) is 5.92 Å². The van der Waals surface area contributed by atoms with Gasteiger partial charge in [-0.05, 0) is 31.5 Å². The molecule has 1 rings (SSSR count). The highest BCUT2D eigenvalue weighted by atomic mass is 16.1. The largest absolute Gasteiger partial charge is 0.347 e. The normalized spacial score (nSPS) is 12.7. The first-order chi connectivity index (χ1) is 7.13. The second-order valence-corrected chi connectivity index (χ2v) is 3.98. The molecule has 84 valence electrons. The van der Waals surface area contributed by atoms with Crippen molar-refractivity contribution in [3.05, 3.63) is 28.4 Å². The van der Waals surface area contributed by atoms with Crippen LogP contribution in [0.15, 0.2) is 17.2 Å². The monoisotopic (exact) mass is 209 g/mol. The summed E-state index contributed by atoms with van der Waals surface area (Å²) >= 11 is 0. The van der Waals surface area contributed by atoms with E-state index in [1.54, 1.807) is 10.8 Å². The van der Waals surface area contributed by atoms with Gasteiger partial charge in [0.1, 0.15) is 0 Å². The lowest BCUT2D eigenvalue weighted by Crippen LogP contribution is -2.29. The van der Waals surface area contributed by atoms with E-state index in [1.807, 2.05) is 13.1 Å². The molecule has 1 heterocycles. The lowest BCUT2D eigenvalue weighted by molar-refractivity contribution is 0.439. The summed E-state index contributed by atoms with van der Waals surface area (Å²) in [5.41, 5.74) is 0.856. The molecule has 0 saturated carbocycles. The molecule has 0 aliphatic carbocycles. The van der Waals surface area contributed by atoms with E-state index in [-0.39, 0.29) is 5.69 Å². The third kappa shape index (κ3) is 3.83. The quantitative estimate of drug-likeness (QED) is 0.780. The smallest absolute Gasteiger partial charge is 0.317 e. The summed E-state index contributed by atoms with van der Waals surface area (Å²) < 4.78 is 1.68. The van der Waals surface area contributed by atoms with Crippen molar-refractivity contribution in [1.29, 1.82) is 0 Å². The zero-order valence-corrected chi connectivity index (χ0v) is 9.66. The van der Waals surface area contributed by atoms with Gasteiger partial charge in [-0.15, -0.1) is 0 Å². The minimum Gasteiger partial charge on any atom is -0.317 e. The van der Waals surface area contributed by atoms with Crippen LogP contribution in [0.5, 0.6) is 0 Å². The molecule has 4 heteroatoms. The van der Waals surface area contributed by atoms with Crippen molar-refractivity contribution >= 4 is 0 Å². The highest BCUT2D eigenvalue weighted by Crippen LogP contribution is 1.98. The lowest BCUT2D eigenvalue weighted by atomic mass is 10.2. The summed E-state index contributed by atoms with van der Waals surface area (Å²) in [6.45, 7) is 8.76. The van der Waals surface area contributed by atoms with Crippen LogP contribution in [0.2, 0.25) is 0 Å². The van der Waals surface area contributed by atoms with Crippen LogP contribution in [0.3, 0.4) is 0 Å². The van der Waals surface area contributed by atoms with Crippen LogP contribution >= 0.6 is 0 Å². The van der Waals surface area contributed by atoms with Crippen molar-refractivity contribution in [2.75, 3.05) is 13.1 Å². The summed E-state index contributed by atoms with van der Waals surface area (Å²) in [5.74, 6) is 0.436. The van der Waals surface area contributed by atoms with Gasteiger partial charge in [-0.1, -0.05) is 13.8 Å². The Hall–Kier alpha value is -1.16. The minimum absolute atomic E-state index is 0.163. The first-order valence-electron chi connectivity index (χ1n) is 5.37. The molecule has 1 aromatic heterocycles. The van der Waals surface area contributed by atoms with E-state index >= 15 is 0 Å². The van der Waals surface area contributed by atoms with E-state index in [4.69, 9.17) is 0 Å². The third-order valence-corrected chi connectivity index (χ3v) is 2.23. The van der Waals surface area contributed by atoms with Crippen LogP contribution in [-0.4, -0.2) is 22.6 Å². The van der Waals surface area contributed by atoms with Gasteiger partial charge >= 0.3 is 5.69 Å². The van der Waals surface area contributed by atoms with Gasteiger partial charge in [0, 0.05) is 18.9 Å². The molecule has 1 N–H and O–H groups in total. The van der Waals surface area contributed by atoms with Crippen molar-refractivity contribution in [3.63, 3.8) is 0 Å². The van der Waals surface area contributed by atoms with Crippen LogP contribution in [-0.2, 0) is 6.54 Å². The number of hydrogen-bond donors (Lipinski definition) is 1. The molecule has 1 aromatic rings. The molecule has 0 aliphatic heterocycles. The highest BCUT2D eigenvalue weighted by molar-refractivity contribution is 4.99. The maximum absolute atomic E-state index is 11.4. The number of nitrogens with zero attached hydrogens (tertiary/aromatic N) is 2. The minimum atomic E-state index is -0.163. The molecule has 0 spiro atoms. The zero-order chi connectivity index (χ0) is 11.3. The van der Waals surface area contributed by atoms with Crippen molar-refractivity contribution in [2.24, 2.45) is 5.92 Å². The standard InChI is InChI=1S/C11H19N3O/c1-4-12-5-9(2)7-14-8-10(3)6-13-11(14)15/h6,8-9,12H,4-5,7H2,1-3H3. The van der Waals surface area contributed by atoms with Crippen LogP contribution in [0.1, 0.15) is 19.4 Å². The van der Waals surface area contributed by atoms with Gasteiger partial charge in [0.25, 0.3) is 0 Å². The van der Waals surface area contributed by atoms with Gasteiger partial charge in [-0.2, -0.15) is 0 Å². The van der Waals surface area contributed by atoms with Gasteiger partial charge in [-0.25, -0.2) is 9.78 Å². The molecule has 4 nitrogen and oxygen atoms in total. The van der Waals surface area contributed by atoms with E-state index in [1.165, 1.54) is 0 Å². The average Bonchev–Trinajstić information content (AvgIpc) is 2.20. The Bertz CT molecular complexity index is 359. The summed E-state index contributed by atoms with van der Waals surface area (Å²) in [6, 6.07) is 0. The number of hydrogen-bond acceptors (Lipinski definition) is 3. The first-order valence-corrected chi connectivity index (χ1v) is 5.37. The molecule has 0 saturated heterocycles. The van der Waals surface area contributed by atoms with Crippen LogP contribution in [0.25, 0.3) is 0 Å². The maximum Gasteiger partial charge on any atom is 0.347 e. The first kappa shape index (κ1) is 11.9. The second kappa shape index (κ2) is 5.66.